The Morgan fingerprint density at radius 3 is 2.63 bits per heavy atom. The number of hydrogen-bond donors (Lipinski definition) is 2. The lowest BCUT2D eigenvalue weighted by Gasteiger charge is -2.12. The Hall–Kier alpha value is -2.64. The summed E-state index contributed by atoms with van der Waals surface area (Å²) in [6, 6.07) is 3.49. The van der Waals surface area contributed by atoms with Crippen LogP contribution in [0, 0.1) is 10.1 Å². The maximum Gasteiger partial charge on any atom is 0.311 e. The summed E-state index contributed by atoms with van der Waals surface area (Å²) < 4.78 is 5.18. The summed E-state index contributed by atoms with van der Waals surface area (Å²) in [4.78, 5) is 31.6. The van der Waals surface area contributed by atoms with Crippen molar-refractivity contribution >= 4 is 17.6 Å². The number of hydrogen-bond acceptors (Lipinski definition) is 5. The zero-order chi connectivity index (χ0) is 14.6. The standard InChI is InChI=1S/C11H12N2O6/c1-6(4-10(14)15)19-9-3-2-7(11(12)16)5-8(9)13(17)18/h2-3,5-6H,4H2,1H3,(H2,12,16)(H,14,15)/t6-/m1/s1. The summed E-state index contributed by atoms with van der Waals surface area (Å²) in [5.74, 6) is -1.99. The Morgan fingerprint density at radius 1 is 1.53 bits per heavy atom. The fourth-order valence-electron chi connectivity index (χ4n) is 1.42. The fourth-order valence-corrected chi connectivity index (χ4v) is 1.42. The van der Waals surface area contributed by atoms with Gasteiger partial charge in [-0.1, -0.05) is 0 Å². The summed E-state index contributed by atoms with van der Waals surface area (Å²) >= 11 is 0. The molecule has 0 fully saturated rings. The molecule has 0 aliphatic heterocycles. The van der Waals surface area contributed by atoms with Gasteiger partial charge in [-0.15, -0.1) is 0 Å². The van der Waals surface area contributed by atoms with E-state index in [1.807, 2.05) is 0 Å². The third kappa shape index (κ3) is 3.95. The van der Waals surface area contributed by atoms with Crippen LogP contribution >= 0.6 is 0 Å². The summed E-state index contributed by atoms with van der Waals surface area (Å²) in [5, 5.41) is 19.4. The Balaban J connectivity index is 3.03. The molecule has 0 bridgehead atoms. The molecular formula is C11H12N2O6. The van der Waals surface area contributed by atoms with E-state index in [0.717, 1.165) is 6.07 Å². The van der Waals surface area contributed by atoms with Crippen molar-refractivity contribution in [1.82, 2.24) is 0 Å². The number of nitrogens with two attached hydrogens (primary N) is 1. The van der Waals surface area contributed by atoms with Crippen molar-refractivity contribution in [2.75, 3.05) is 0 Å². The molecule has 0 aliphatic rings. The molecule has 0 radical (unpaired) electrons. The minimum Gasteiger partial charge on any atom is -0.483 e. The first kappa shape index (κ1) is 14.4. The van der Waals surface area contributed by atoms with Crippen LogP contribution in [0.25, 0.3) is 0 Å². The maximum absolute atomic E-state index is 10.9. The van der Waals surface area contributed by atoms with Gasteiger partial charge in [0.15, 0.2) is 5.75 Å². The highest BCUT2D eigenvalue weighted by atomic mass is 16.6. The topological polar surface area (TPSA) is 133 Å². The van der Waals surface area contributed by atoms with E-state index in [4.69, 9.17) is 15.6 Å². The molecule has 102 valence electrons. The lowest BCUT2D eigenvalue weighted by molar-refractivity contribution is -0.386. The molecule has 0 spiro atoms. The molecule has 8 nitrogen and oxygen atoms in total. The highest BCUT2D eigenvalue weighted by Crippen LogP contribution is 2.29. The Bertz CT molecular complexity index is 528. The van der Waals surface area contributed by atoms with Crippen molar-refractivity contribution in [3.63, 3.8) is 0 Å². The van der Waals surface area contributed by atoms with Crippen LogP contribution in [0.15, 0.2) is 18.2 Å². The van der Waals surface area contributed by atoms with Gasteiger partial charge in [0.25, 0.3) is 0 Å². The number of aliphatic carboxylic acids is 1. The van der Waals surface area contributed by atoms with Gasteiger partial charge in [-0.3, -0.25) is 19.7 Å². The number of nitro benzene ring substituents is 1. The highest BCUT2D eigenvalue weighted by molar-refractivity contribution is 5.93. The Labute approximate surface area is 107 Å². The van der Waals surface area contributed by atoms with E-state index in [1.54, 1.807) is 0 Å². The lowest BCUT2D eigenvalue weighted by Crippen LogP contribution is -2.17. The summed E-state index contributed by atoms with van der Waals surface area (Å²) in [5.41, 5.74) is 4.56. The van der Waals surface area contributed by atoms with Crippen LogP contribution in [0.4, 0.5) is 5.69 Å². The SMILES string of the molecule is C[C@H](CC(=O)O)Oc1ccc(C(N)=O)cc1[N+](=O)[O-]. The fraction of sp³-hybridized carbons (Fsp3) is 0.273. The number of primary amides is 1. The van der Waals surface area contributed by atoms with Gasteiger partial charge in [0.05, 0.1) is 11.3 Å². The molecule has 3 N–H and O–H groups in total. The van der Waals surface area contributed by atoms with Gasteiger partial charge in [0, 0.05) is 11.6 Å². The zero-order valence-corrected chi connectivity index (χ0v) is 10.0. The first-order valence-electron chi connectivity index (χ1n) is 5.28. The van der Waals surface area contributed by atoms with Crippen LogP contribution in [0.3, 0.4) is 0 Å². The average Bonchev–Trinajstić information content (AvgIpc) is 2.27. The van der Waals surface area contributed by atoms with Crippen LogP contribution in [0.5, 0.6) is 5.75 Å². The van der Waals surface area contributed by atoms with Gasteiger partial charge in [0.1, 0.15) is 6.10 Å². The highest BCUT2D eigenvalue weighted by Gasteiger charge is 2.20. The molecule has 1 aromatic carbocycles. The number of rotatable bonds is 6. The number of benzene rings is 1. The molecule has 1 rings (SSSR count). The molecule has 1 amide bonds. The third-order valence-electron chi connectivity index (χ3n) is 2.23. The number of carboxylic acid groups (broad SMARTS) is 1. The zero-order valence-electron chi connectivity index (χ0n) is 10.0. The number of amides is 1. The molecule has 0 saturated heterocycles. The number of carbonyl (C=O) groups excluding carboxylic acids is 1. The predicted octanol–water partition coefficient (Wildman–Crippen LogP) is 0.936. The minimum atomic E-state index is -1.08. The molecule has 0 unspecified atom stereocenters. The normalized spacial score (nSPS) is 11.6. The summed E-state index contributed by atoms with van der Waals surface area (Å²) in [6.45, 7) is 1.47. The molecule has 0 aliphatic carbocycles. The van der Waals surface area contributed by atoms with Gasteiger partial charge < -0.3 is 15.6 Å². The van der Waals surface area contributed by atoms with E-state index in [1.165, 1.54) is 19.1 Å². The van der Waals surface area contributed by atoms with Crippen molar-refractivity contribution in [3.05, 3.63) is 33.9 Å². The predicted molar refractivity (Wildman–Crippen MR) is 64.0 cm³/mol. The lowest BCUT2D eigenvalue weighted by atomic mass is 10.1. The van der Waals surface area contributed by atoms with E-state index >= 15 is 0 Å². The van der Waals surface area contributed by atoms with Crippen LogP contribution in [0.2, 0.25) is 0 Å². The van der Waals surface area contributed by atoms with Crippen LogP contribution < -0.4 is 10.5 Å². The van der Waals surface area contributed by atoms with Crippen LogP contribution in [-0.4, -0.2) is 28.0 Å². The van der Waals surface area contributed by atoms with Crippen molar-refractivity contribution in [2.24, 2.45) is 5.73 Å². The molecule has 1 atom stereocenters. The summed E-state index contributed by atoms with van der Waals surface area (Å²) in [7, 11) is 0. The van der Waals surface area contributed by atoms with Crippen molar-refractivity contribution in [3.8, 4) is 5.75 Å². The van der Waals surface area contributed by atoms with Crippen molar-refractivity contribution in [1.29, 1.82) is 0 Å². The quantitative estimate of drug-likeness (QED) is 0.582. The average molecular weight is 268 g/mol. The number of nitrogens with zero attached hydrogens (tertiary/aromatic N) is 1. The number of ether oxygens (including phenoxy) is 1. The van der Waals surface area contributed by atoms with E-state index in [0.29, 0.717) is 0 Å². The Morgan fingerprint density at radius 2 is 2.16 bits per heavy atom. The molecule has 0 heterocycles. The number of nitro groups is 1. The van der Waals surface area contributed by atoms with Crippen molar-refractivity contribution < 1.29 is 24.4 Å². The molecule has 19 heavy (non-hydrogen) atoms. The van der Waals surface area contributed by atoms with Gasteiger partial charge in [0.2, 0.25) is 5.91 Å². The third-order valence-corrected chi connectivity index (χ3v) is 2.23. The second kappa shape index (κ2) is 5.80. The minimum absolute atomic E-state index is 0.0232. The van der Waals surface area contributed by atoms with Crippen molar-refractivity contribution in [2.45, 2.75) is 19.4 Å². The molecule has 1 aromatic rings. The van der Waals surface area contributed by atoms with Gasteiger partial charge in [-0.05, 0) is 19.1 Å². The van der Waals surface area contributed by atoms with Gasteiger partial charge in [-0.2, -0.15) is 0 Å². The largest absolute Gasteiger partial charge is 0.483 e. The van der Waals surface area contributed by atoms with Gasteiger partial charge >= 0.3 is 11.7 Å². The molecule has 0 aromatic heterocycles. The van der Waals surface area contributed by atoms with E-state index in [2.05, 4.69) is 0 Å². The first-order chi connectivity index (χ1) is 8.81. The number of carboxylic acids is 1. The maximum atomic E-state index is 10.9. The molecular weight excluding hydrogens is 256 g/mol. The summed E-state index contributed by atoms with van der Waals surface area (Å²) in [6.07, 6.45) is -1.04. The second-order valence-electron chi connectivity index (χ2n) is 3.83. The van der Waals surface area contributed by atoms with E-state index in [-0.39, 0.29) is 17.7 Å². The van der Waals surface area contributed by atoms with Crippen LogP contribution in [-0.2, 0) is 4.79 Å². The Kier molecular flexibility index (Phi) is 4.41. The van der Waals surface area contributed by atoms with Crippen LogP contribution in [0.1, 0.15) is 23.7 Å². The molecule has 8 heteroatoms. The molecule has 0 saturated carbocycles. The monoisotopic (exact) mass is 268 g/mol. The first-order valence-corrected chi connectivity index (χ1v) is 5.28. The van der Waals surface area contributed by atoms with E-state index in [9.17, 15) is 19.7 Å². The van der Waals surface area contributed by atoms with E-state index < -0.39 is 28.6 Å². The smallest absolute Gasteiger partial charge is 0.311 e. The van der Waals surface area contributed by atoms with Gasteiger partial charge in [-0.25, -0.2) is 0 Å². The number of carbonyl (C=O) groups is 2. The second-order valence-corrected chi connectivity index (χ2v) is 3.83.